The summed E-state index contributed by atoms with van der Waals surface area (Å²) in [4.78, 5) is 27.2. The van der Waals surface area contributed by atoms with Crippen molar-refractivity contribution in [3.8, 4) is 11.6 Å². The largest absolute Gasteiger partial charge is 0.496 e. The summed E-state index contributed by atoms with van der Waals surface area (Å²) < 4.78 is 11.0. The minimum absolute atomic E-state index is 0.0184. The third-order valence-electron chi connectivity index (χ3n) is 4.06. The van der Waals surface area contributed by atoms with Crippen LogP contribution in [-0.4, -0.2) is 36.6 Å². The number of hydrogen-bond acceptors (Lipinski definition) is 5. The number of methoxy groups -OCH3 is 1. The van der Waals surface area contributed by atoms with E-state index in [2.05, 4.69) is 10.3 Å². The number of carbonyl (C=O) groups is 2. The number of carbonyl (C=O) groups excluding carboxylic acids is 2. The van der Waals surface area contributed by atoms with Gasteiger partial charge in [0.1, 0.15) is 12.4 Å². The monoisotopic (exact) mass is 329 g/mol. The Labute approximate surface area is 139 Å². The maximum Gasteiger partial charge on any atom is 0.252 e. The molecule has 0 saturated carbocycles. The fourth-order valence-corrected chi connectivity index (χ4v) is 2.84. The lowest BCUT2D eigenvalue weighted by Crippen LogP contribution is -2.42. The van der Waals surface area contributed by atoms with Crippen LogP contribution in [0.2, 0.25) is 0 Å². The third-order valence-corrected chi connectivity index (χ3v) is 4.06. The maximum absolute atomic E-state index is 11.5. The van der Waals surface area contributed by atoms with Gasteiger partial charge in [0.15, 0.2) is 0 Å². The predicted octanol–water partition coefficient (Wildman–Crippen LogP) is 1.39. The highest BCUT2D eigenvalue weighted by atomic mass is 16.5. The lowest BCUT2D eigenvalue weighted by atomic mass is 10.1. The lowest BCUT2D eigenvalue weighted by molar-refractivity contribution is -0.123. The number of piperidine rings is 1. The van der Waals surface area contributed by atoms with Gasteiger partial charge in [-0.2, -0.15) is 0 Å². The number of nitrogens with one attached hydrogen (secondary N) is 1. The maximum atomic E-state index is 11.5. The molecule has 0 radical (unpaired) electrons. The summed E-state index contributed by atoms with van der Waals surface area (Å²) in [5.41, 5.74) is 5.69. The highest BCUT2D eigenvalue weighted by molar-refractivity contribution is 6.01. The van der Waals surface area contributed by atoms with Crippen LogP contribution in [0.4, 0.5) is 0 Å². The van der Waals surface area contributed by atoms with Crippen molar-refractivity contribution in [3.63, 3.8) is 0 Å². The summed E-state index contributed by atoms with van der Waals surface area (Å²) >= 11 is 0. The molecule has 1 aromatic carbocycles. The topological polar surface area (TPSA) is 104 Å². The van der Waals surface area contributed by atoms with Gasteiger partial charge in [-0.1, -0.05) is 0 Å². The first-order valence-electron chi connectivity index (χ1n) is 7.77. The quantitative estimate of drug-likeness (QED) is 0.863. The molecule has 1 atom stereocenters. The van der Waals surface area contributed by atoms with Crippen molar-refractivity contribution < 1.29 is 19.1 Å². The second-order valence-corrected chi connectivity index (χ2v) is 5.72. The van der Waals surface area contributed by atoms with E-state index in [4.69, 9.17) is 15.2 Å². The molecule has 1 saturated heterocycles. The standard InChI is InChI=1S/C17H19N3O4/c1-23-14-8-12-10(7-13(14)16(18)22)5-6-19-17(12)24-9-11-3-2-4-15(21)20-11/h5-8,11H,2-4,9H2,1H3,(H2,18,22)(H,20,21)/t11-/m0/s1. The summed E-state index contributed by atoms with van der Waals surface area (Å²) in [6.07, 6.45) is 3.91. The van der Waals surface area contributed by atoms with Crippen molar-refractivity contribution in [3.05, 3.63) is 30.0 Å². The molecule has 3 N–H and O–H groups in total. The molecule has 2 aromatic rings. The SMILES string of the molecule is COc1cc2c(OC[C@@H]3CCCC(=O)N3)nccc2cc1C(N)=O. The molecule has 0 bridgehead atoms. The molecular weight excluding hydrogens is 310 g/mol. The summed E-state index contributed by atoms with van der Waals surface area (Å²) in [5, 5.41) is 4.41. The van der Waals surface area contributed by atoms with Crippen molar-refractivity contribution >= 4 is 22.6 Å². The molecule has 2 amide bonds. The van der Waals surface area contributed by atoms with Crippen LogP contribution in [0.1, 0.15) is 29.6 Å². The van der Waals surface area contributed by atoms with Gasteiger partial charge in [0.05, 0.1) is 18.7 Å². The Hall–Kier alpha value is -2.83. The zero-order chi connectivity index (χ0) is 17.1. The number of ether oxygens (including phenoxy) is 2. The Morgan fingerprint density at radius 2 is 2.29 bits per heavy atom. The minimum Gasteiger partial charge on any atom is -0.496 e. The van der Waals surface area contributed by atoms with Gasteiger partial charge in [-0.25, -0.2) is 4.98 Å². The molecule has 3 rings (SSSR count). The number of primary amides is 1. The molecule has 1 aliphatic rings. The van der Waals surface area contributed by atoms with E-state index in [0.29, 0.717) is 30.2 Å². The van der Waals surface area contributed by atoms with E-state index < -0.39 is 5.91 Å². The van der Waals surface area contributed by atoms with E-state index in [-0.39, 0.29) is 11.9 Å². The van der Waals surface area contributed by atoms with Crippen molar-refractivity contribution in [1.82, 2.24) is 10.3 Å². The van der Waals surface area contributed by atoms with Crippen LogP contribution < -0.4 is 20.5 Å². The van der Waals surface area contributed by atoms with Gasteiger partial charge in [0.25, 0.3) is 5.91 Å². The lowest BCUT2D eigenvalue weighted by Gasteiger charge is -2.23. The van der Waals surface area contributed by atoms with Crippen molar-refractivity contribution in [2.75, 3.05) is 13.7 Å². The molecule has 2 heterocycles. The van der Waals surface area contributed by atoms with Crippen LogP contribution in [0.5, 0.6) is 11.6 Å². The zero-order valence-corrected chi connectivity index (χ0v) is 13.4. The van der Waals surface area contributed by atoms with Crippen LogP contribution >= 0.6 is 0 Å². The average Bonchev–Trinajstić information content (AvgIpc) is 2.58. The number of pyridine rings is 1. The number of nitrogens with two attached hydrogens (primary N) is 1. The average molecular weight is 329 g/mol. The zero-order valence-electron chi connectivity index (χ0n) is 13.4. The molecule has 1 fully saturated rings. The molecule has 7 heteroatoms. The number of aromatic nitrogens is 1. The van der Waals surface area contributed by atoms with Crippen LogP contribution in [0.25, 0.3) is 10.8 Å². The number of hydrogen-bond donors (Lipinski definition) is 2. The Balaban J connectivity index is 1.87. The number of fused-ring (bicyclic) bond motifs is 1. The Kier molecular flexibility index (Phi) is 4.50. The fraction of sp³-hybridized carbons (Fsp3) is 0.353. The van der Waals surface area contributed by atoms with Gasteiger partial charge >= 0.3 is 0 Å². The smallest absolute Gasteiger partial charge is 0.252 e. The van der Waals surface area contributed by atoms with Gasteiger partial charge < -0.3 is 20.5 Å². The van der Waals surface area contributed by atoms with Crippen LogP contribution in [-0.2, 0) is 4.79 Å². The van der Waals surface area contributed by atoms with E-state index >= 15 is 0 Å². The normalized spacial score (nSPS) is 17.4. The molecule has 126 valence electrons. The van der Waals surface area contributed by atoms with E-state index in [0.717, 1.165) is 23.6 Å². The molecule has 0 aliphatic carbocycles. The second kappa shape index (κ2) is 6.74. The van der Waals surface area contributed by atoms with Crippen LogP contribution in [0.3, 0.4) is 0 Å². The van der Waals surface area contributed by atoms with Crippen molar-refractivity contribution in [1.29, 1.82) is 0 Å². The van der Waals surface area contributed by atoms with E-state index in [1.165, 1.54) is 7.11 Å². The number of benzene rings is 1. The number of nitrogens with zero attached hydrogens (tertiary/aromatic N) is 1. The summed E-state index contributed by atoms with van der Waals surface area (Å²) in [6.45, 7) is 0.345. The first-order chi connectivity index (χ1) is 11.6. The van der Waals surface area contributed by atoms with Gasteiger partial charge in [0, 0.05) is 18.0 Å². The van der Waals surface area contributed by atoms with E-state index in [9.17, 15) is 9.59 Å². The molecular formula is C17H19N3O4. The van der Waals surface area contributed by atoms with Crippen LogP contribution in [0, 0.1) is 0 Å². The van der Waals surface area contributed by atoms with Crippen LogP contribution in [0.15, 0.2) is 24.4 Å². The Morgan fingerprint density at radius 1 is 1.46 bits per heavy atom. The molecule has 1 aliphatic heterocycles. The number of rotatable bonds is 5. The summed E-state index contributed by atoms with van der Waals surface area (Å²) in [7, 11) is 1.47. The first-order valence-corrected chi connectivity index (χ1v) is 7.77. The molecule has 24 heavy (non-hydrogen) atoms. The molecule has 1 aromatic heterocycles. The summed E-state index contributed by atoms with van der Waals surface area (Å²) in [6, 6.07) is 5.11. The van der Waals surface area contributed by atoms with Gasteiger partial charge in [-0.05, 0) is 36.4 Å². The van der Waals surface area contributed by atoms with Crippen molar-refractivity contribution in [2.24, 2.45) is 5.73 Å². The molecule has 0 unspecified atom stereocenters. The van der Waals surface area contributed by atoms with Gasteiger partial charge in [-0.15, -0.1) is 0 Å². The van der Waals surface area contributed by atoms with E-state index in [1.54, 1.807) is 24.4 Å². The summed E-state index contributed by atoms with van der Waals surface area (Å²) in [5.74, 6) is 0.298. The Morgan fingerprint density at radius 3 is 3.00 bits per heavy atom. The van der Waals surface area contributed by atoms with Gasteiger partial charge in [0.2, 0.25) is 11.8 Å². The number of amides is 2. The molecule has 7 nitrogen and oxygen atoms in total. The van der Waals surface area contributed by atoms with Gasteiger partial charge in [-0.3, -0.25) is 9.59 Å². The third kappa shape index (κ3) is 3.24. The Bertz CT molecular complexity index is 791. The highest BCUT2D eigenvalue weighted by Crippen LogP contribution is 2.30. The highest BCUT2D eigenvalue weighted by Gasteiger charge is 2.19. The minimum atomic E-state index is -0.557. The van der Waals surface area contributed by atoms with E-state index in [1.807, 2.05) is 0 Å². The van der Waals surface area contributed by atoms with Crippen molar-refractivity contribution in [2.45, 2.75) is 25.3 Å². The predicted molar refractivity (Wildman–Crippen MR) is 88.1 cm³/mol. The fourth-order valence-electron chi connectivity index (χ4n) is 2.84. The second-order valence-electron chi connectivity index (χ2n) is 5.72. The molecule has 0 spiro atoms. The first kappa shape index (κ1) is 16.0.